The molecule has 1 aliphatic heterocycles. The minimum atomic E-state index is -0.786. The SMILES string of the molecule is C[C@@H](O)[C@H](N)C(=O)CC1CCN(c2nc(-c3ccc4c(c3)C(C)(C)CCC4(C)C)cs2)CC1. The number of aliphatic hydroxyl groups excluding tert-OH is 1. The van der Waals surface area contributed by atoms with Crippen molar-refractivity contribution in [3.8, 4) is 11.3 Å². The molecule has 6 heteroatoms. The van der Waals surface area contributed by atoms with Crippen molar-refractivity contribution in [3.63, 3.8) is 0 Å². The summed E-state index contributed by atoms with van der Waals surface area (Å²) >= 11 is 1.71. The summed E-state index contributed by atoms with van der Waals surface area (Å²) < 4.78 is 0. The number of carbonyl (C=O) groups excluding carboxylic acids is 1. The number of Topliss-reactive ketones (excluding diaryl/α,β-unsaturated/α-hetero) is 1. The van der Waals surface area contributed by atoms with Crippen LogP contribution in [0.2, 0.25) is 0 Å². The number of hydrogen-bond donors (Lipinski definition) is 2. The second-order valence-electron chi connectivity index (χ2n) is 11.4. The number of ketones is 1. The number of nitrogens with zero attached hydrogens (tertiary/aromatic N) is 2. The van der Waals surface area contributed by atoms with Crippen molar-refractivity contribution >= 4 is 22.3 Å². The van der Waals surface area contributed by atoms with E-state index in [0.717, 1.165) is 36.8 Å². The van der Waals surface area contributed by atoms with Gasteiger partial charge in [0.25, 0.3) is 0 Å². The normalized spacial score (nSPS) is 22.0. The van der Waals surface area contributed by atoms with Gasteiger partial charge in [-0.15, -0.1) is 11.3 Å². The lowest BCUT2D eigenvalue weighted by Gasteiger charge is -2.42. The minimum absolute atomic E-state index is 0.0292. The second-order valence-corrected chi connectivity index (χ2v) is 12.2. The number of nitrogens with two attached hydrogens (primary N) is 1. The van der Waals surface area contributed by atoms with Gasteiger partial charge in [-0.3, -0.25) is 4.79 Å². The van der Waals surface area contributed by atoms with Gasteiger partial charge in [-0.1, -0.05) is 39.8 Å². The molecule has 0 bridgehead atoms. The molecular weight excluding hydrogens is 430 g/mol. The molecule has 2 aromatic rings. The Labute approximate surface area is 202 Å². The molecule has 5 nitrogen and oxygen atoms in total. The zero-order valence-electron chi connectivity index (χ0n) is 20.7. The fourth-order valence-electron chi connectivity index (χ4n) is 5.31. The van der Waals surface area contributed by atoms with E-state index in [1.54, 1.807) is 18.3 Å². The van der Waals surface area contributed by atoms with E-state index in [1.165, 1.54) is 29.5 Å². The molecule has 2 heterocycles. The Morgan fingerprint density at radius 2 is 1.82 bits per heavy atom. The number of thiazole rings is 1. The fraction of sp³-hybridized carbons (Fsp3) is 0.630. The van der Waals surface area contributed by atoms with Gasteiger partial charge in [-0.05, 0) is 66.5 Å². The Bertz CT molecular complexity index is 1000. The van der Waals surface area contributed by atoms with Gasteiger partial charge in [0.05, 0.1) is 17.8 Å². The molecule has 1 saturated heterocycles. The van der Waals surface area contributed by atoms with Crippen molar-refractivity contribution in [2.75, 3.05) is 18.0 Å². The van der Waals surface area contributed by atoms with Crippen molar-refractivity contribution in [2.24, 2.45) is 11.7 Å². The maximum atomic E-state index is 12.2. The quantitative estimate of drug-likeness (QED) is 0.619. The first-order valence-corrected chi connectivity index (χ1v) is 13.2. The van der Waals surface area contributed by atoms with Crippen molar-refractivity contribution in [1.82, 2.24) is 4.98 Å². The van der Waals surface area contributed by atoms with Crippen LogP contribution in [0.4, 0.5) is 5.13 Å². The first-order chi connectivity index (χ1) is 15.5. The third kappa shape index (κ3) is 5.03. The third-order valence-electron chi connectivity index (χ3n) is 7.91. The molecule has 33 heavy (non-hydrogen) atoms. The van der Waals surface area contributed by atoms with Crippen molar-refractivity contribution in [1.29, 1.82) is 0 Å². The van der Waals surface area contributed by atoms with E-state index >= 15 is 0 Å². The lowest BCUT2D eigenvalue weighted by molar-refractivity contribution is -0.123. The van der Waals surface area contributed by atoms with Crippen LogP contribution in [0.3, 0.4) is 0 Å². The average Bonchev–Trinajstić information content (AvgIpc) is 3.27. The van der Waals surface area contributed by atoms with Crippen molar-refractivity contribution < 1.29 is 9.90 Å². The molecule has 4 rings (SSSR count). The van der Waals surface area contributed by atoms with Crippen molar-refractivity contribution in [3.05, 3.63) is 34.7 Å². The molecule has 0 spiro atoms. The van der Waals surface area contributed by atoms with E-state index in [0.29, 0.717) is 12.3 Å². The number of rotatable bonds is 6. The monoisotopic (exact) mass is 469 g/mol. The standard InChI is InChI=1S/C27H39N3O2S/c1-17(31)24(28)23(32)14-18-8-12-30(13-9-18)25-29-22(16-33-25)19-6-7-20-21(15-19)27(4,5)11-10-26(20,2)3/h6-7,15-18,24,31H,8-14,28H2,1-5H3/t17-,24+/m1/s1. The van der Waals surface area contributed by atoms with Gasteiger partial charge >= 0.3 is 0 Å². The third-order valence-corrected chi connectivity index (χ3v) is 8.81. The van der Waals surface area contributed by atoms with Crippen LogP contribution in [-0.2, 0) is 15.6 Å². The van der Waals surface area contributed by atoms with E-state index in [1.807, 2.05) is 0 Å². The van der Waals surface area contributed by atoms with Crippen LogP contribution < -0.4 is 10.6 Å². The van der Waals surface area contributed by atoms with E-state index in [9.17, 15) is 9.90 Å². The van der Waals surface area contributed by atoms with Gasteiger partial charge in [0.1, 0.15) is 0 Å². The number of hydrogen-bond acceptors (Lipinski definition) is 6. The summed E-state index contributed by atoms with van der Waals surface area (Å²) in [4.78, 5) is 19.6. The van der Waals surface area contributed by atoms with Gasteiger partial charge in [-0.2, -0.15) is 0 Å². The molecular formula is C27H39N3O2S. The summed E-state index contributed by atoms with van der Waals surface area (Å²) in [5.41, 5.74) is 11.4. The van der Waals surface area contributed by atoms with Gasteiger partial charge in [0.2, 0.25) is 0 Å². The van der Waals surface area contributed by atoms with E-state index in [-0.39, 0.29) is 16.6 Å². The lowest BCUT2D eigenvalue weighted by Crippen LogP contribution is -2.42. The topological polar surface area (TPSA) is 79.5 Å². The zero-order valence-corrected chi connectivity index (χ0v) is 21.5. The van der Waals surface area contributed by atoms with E-state index < -0.39 is 12.1 Å². The highest BCUT2D eigenvalue weighted by molar-refractivity contribution is 7.14. The maximum Gasteiger partial charge on any atom is 0.185 e. The lowest BCUT2D eigenvalue weighted by atomic mass is 9.63. The number of benzene rings is 1. The maximum absolute atomic E-state index is 12.2. The molecule has 3 N–H and O–H groups in total. The molecule has 0 saturated carbocycles. The Hall–Kier alpha value is -1.76. The molecule has 1 aromatic carbocycles. The van der Waals surface area contributed by atoms with Crippen LogP contribution in [0.5, 0.6) is 0 Å². The zero-order chi connectivity index (χ0) is 24.0. The smallest absolute Gasteiger partial charge is 0.185 e. The number of aliphatic hydroxyl groups is 1. The Kier molecular flexibility index (Phi) is 6.74. The molecule has 1 fully saturated rings. The van der Waals surface area contributed by atoms with Gasteiger partial charge in [0.15, 0.2) is 10.9 Å². The largest absolute Gasteiger partial charge is 0.391 e. The Balaban J connectivity index is 1.44. The highest BCUT2D eigenvalue weighted by Gasteiger charge is 2.37. The molecule has 0 unspecified atom stereocenters. The van der Waals surface area contributed by atoms with Crippen LogP contribution in [0.1, 0.15) is 77.8 Å². The van der Waals surface area contributed by atoms with Crippen LogP contribution >= 0.6 is 11.3 Å². The summed E-state index contributed by atoms with van der Waals surface area (Å²) in [6.07, 6.45) is 4.01. The minimum Gasteiger partial charge on any atom is -0.391 e. The molecule has 0 amide bonds. The molecule has 180 valence electrons. The van der Waals surface area contributed by atoms with Crippen LogP contribution in [0.25, 0.3) is 11.3 Å². The molecule has 1 aromatic heterocycles. The second kappa shape index (κ2) is 9.12. The molecule has 0 radical (unpaired) electrons. The van der Waals surface area contributed by atoms with Gasteiger partial charge in [-0.25, -0.2) is 4.98 Å². The summed E-state index contributed by atoms with van der Waals surface area (Å²) in [6, 6.07) is 6.17. The predicted octanol–water partition coefficient (Wildman–Crippen LogP) is 5.04. The summed E-state index contributed by atoms with van der Waals surface area (Å²) in [5.74, 6) is 0.308. The first-order valence-electron chi connectivity index (χ1n) is 12.3. The highest BCUT2D eigenvalue weighted by Crippen LogP contribution is 2.47. The predicted molar refractivity (Wildman–Crippen MR) is 137 cm³/mol. The Morgan fingerprint density at radius 3 is 2.45 bits per heavy atom. The number of fused-ring (bicyclic) bond motifs is 1. The fourth-order valence-corrected chi connectivity index (χ4v) is 6.20. The average molecular weight is 470 g/mol. The van der Waals surface area contributed by atoms with Crippen LogP contribution in [0, 0.1) is 5.92 Å². The van der Waals surface area contributed by atoms with Gasteiger partial charge in [0, 0.05) is 30.5 Å². The summed E-state index contributed by atoms with van der Waals surface area (Å²) in [7, 11) is 0. The van der Waals surface area contributed by atoms with Gasteiger partial charge < -0.3 is 15.7 Å². The summed E-state index contributed by atoms with van der Waals surface area (Å²) in [5, 5.41) is 12.8. The van der Waals surface area contributed by atoms with E-state index in [4.69, 9.17) is 10.7 Å². The van der Waals surface area contributed by atoms with Crippen LogP contribution in [0.15, 0.2) is 23.6 Å². The number of anilines is 1. The molecule has 2 atom stereocenters. The van der Waals surface area contributed by atoms with E-state index in [2.05, 4.69) is 56.2 Å². The Morgan fingerprint density at radius 1 is 1.18 bits per heavy atom. The van der Waals surface area contributed by atoms with Crippen LogP contribution in [-0.4, -0.2) is 41.1 Å². The number of aromatic nitrogens is 1. The number of carbonyl (C=O) groups is 1. The number of piperidine rings is 1. The molecule has 2 aliphatic rings. The molecule has 1 aliphatic carbocycles. The highest BCUT2D eigenvalue weighted by atomic mass is 32.1. The first kappa shape index (κ1) is 24.4. The van der Waals surface area contributed by atoms with Crippen molar-refractivity contribution in [2.45, 2.75) is 89.7 Å². The summed E-state index contributed by atoms with van der Waals surface area (Å²) in [6.45, 7) is 12.8.